The first-order chi connectivity index (χ1) is 15.1. The zero-order valence-electron chi connectivity index (χ0n) is 16.8. The number of aliphatic imine (C=N–C) groups is 1. The van der Waals surface area contributed by atoms with E-state index in [1.165, 1.54) is 6.92 Å². The van der Waals surface area contributed by atoms with E-state index in [0.717, 1.165) is 12.1 Å². The highest BCUT2D eigenvalue weighted by atomic mass is 19.4. The fourth-order valence-corrected chi connectivity index (χ4v) is 3.38. The summed E-state index contributed by atoms with van der Waals surface area (Å²) in [5, 5.41) is 0. The lowest BCUT2D eigenvalue weighted by Crippen LogP contribution is -2.20. The van der Waals surface area contributed by atoms with Gasteiger partial charge in [0.2, 0.25) is 5.82 Å². The van der Waals surface area contributed by atoms with E-state index in [1.54, 1.807) is 0 Å². The molecular formula is C21H14F9N3. The highest BCUT2D eigenvalue weighted by Crippen LogP contribution is 2.43. The summed E-state index contributed by atoms with van der Waals surface area (Å²) in [5.41, 5.74) is -1.85. The lowest BCUT2D eigenvalue weighted by molar-refractivity contribution is -0.153. The molecule has 0 bridgehead atoms. The zero-order chi connectivity index (χ0) is 24.8. The van der Waals surface area contributed by atoms with Gasteiger partial charge in [-0.05, 0) is 30.9 Å². The lowest BCUT2D eigenvalue weighted by atomic mass is 9.93. The van der Waals surface area contributed by atoms with Gasteiger partial charge in [0, 0.05) is 22.8 Å². The molecule has 2 aromatic rings. The fourth-order valence-electron chi connectivity index (χ4n) is 3.38. The molecule has 1 aromatic heterocycles. The Balaban J connectivity index is 2.21. The maximum Gasteiger partial charge on any atom is 0.451 e. The quantitative estimate of drug-likeness (QED) is 0.348. The SMILES string of the molecule is C=C=CC(F)(F)c1ccc(C2=Nc3nc(C(F)(F)F)nc(C(F)(F)F)c3C(C)CC2)c(F)c1. The van der Waals surface area contributed by atoms with E-state index in [-0.39, 0.29) is 24.1 Å². The van der Waals surface area contributed by atoms with E-state index >= 15 is 0 Å². The normalized spacial score (nSPS) is 17.0. The number of nitrogens with zero attached hydrogens (tertiary/aromatic N) is 3. The molecule has 0 aliphatic carbocycles. The molecule has 0 amide bonds. The van der Waals surface area contributed by atoms with Crippen LogP contribution in [0.1, 0.15) is 53.9 Å². The summed E-state index contributed by atoms with van der Waals surface area (Å²) in [7, 11) is 0. The summed E-state index contributed by atoms with van der Waals surface area (Å²) in [6.45, 7) is 4.35. The number of hydrogen-bond donors (Lipinski definition) is 0. The molecule has 12 heteroatoms. The van der Waals surface area contributed by atoms with Crippen molar-refractivity contribution in [3.05, 3.63) is 70.6 Å². The van der Waals surface area contributed by atoms with Gasteiger partial charge in [-0.1, -0.05) is 19.6 Å². The van der Waals surface area contributed by atoms with Gasteiger partial charge in [0.25, 0.3) is 5.92 Å². The molecule has 1 aliphatic rings. The molecule has 0 N–H and O–H groups in total. The van der Waals surface area contributed by atoms with Crippen LogP contribution in [0.3, 0.4) is 0 Å². The number of aromatic nitrogens is 2. The Morgan fingerprint density at radius 1 is 1.03 bits per heavy atom. The predicted molar refractivity (Wildman–Crippen MR) is 99.9 cm³/mol. The number of rotatable bonds is 3. The molecule has 176 valence electrons. The first kappa shape index (κ1) is 24.5. The van der Waals surface area contributed by atoms with Crippen LogP contribution in [-0.2, 0) is 18.3 Å². The summed E-state index contributed by atoms with van der Waals surface area (Å²) >= 11 is 0. The standard InChI is InChI=1S/C21H14F9N3/c1-3-8-19(23,24)11-5-6-12(13(22)9-11)14-7-4-10(2)15-16(20(25,26)27)32-18(21(28,29)30)33-17(15)31-14/h5-6,8-10H,1,4,7H2,2H3. The van der Waals surface area contributed by atoms with E-state index in [4.69, 9.17) is 0 Å². The topological polar surface area (TPSA) is 38.1 Å². The van der Waals surface area contributed by atoms with Gasteiger partial charge in [-0.2, -0.15) is 35.1 Å². The molecule has 0 saturated carbocycles. The molecule has 3 nitrogen and oxygen atoms in total. The monoisotopic (exact) mass is 479 g/mol. The van der Waals surface area contributed by atoms with Crippen molar-refractivity contribution in [2.75, 3.05) is 0 Å². The van der Waals surface area contributed by atoms with Crippen molar-refractivity contribution in [1.29, 1.82) is 0 Å². The maximum absolute atomic E-state index is 14.7. The molecule has 1 aliphatic heterocycles. The second-order valence-electron chi connectivity index (χ2n) is 7.29. The van der Waals surface area contributed by atoms with Crippen molar-refractivity contribution in [2.45, 2.75) is 44.0 Å². The van der Waals surface area contributed by atoms with E-state index in [1.807, 2.05) is 5.73 Å². The van der Waals surface area contributed by atoms with E-state index in [2.05, 4.69) is 21.5 Å². The average Bonchev–Trinajstić information content (AvgIpc) is 2.84. The van der Waals surface area contributed by atoms with Crippen LogP contribution in [0.25, 0.3) is 0 Å². The Kier molecular flexibility index (Phi) is 6.18. The molecule has 1 unspecified atom stereocenters. The van der Waals surface area contributed by atoms with Gasteiger partial charge in [0.05, 0.1) is 5.71 Å². The summed E-state index contributed by atoms with van der Waals surface area (Å²) in [4.78, 5) is 9.66. The zero-order valence-corrected chi connectivity index (χ0v) is 16.8. The van der Waals surface area contributed by atoms with Crippen LogP contribution in [-0.4, -0.2) is 15.7 Å². The van der Waals surface area contributed by atoms with Gasteiger partial charge in [0.15, 0.2) is 11.5 Å². The molecule has 1 atom stereocenters. The summed E-state index contributed by atoms with van der Waals surface area (Å²) in [6, 6.07) is 2.30. The van der Waals surface area contributed by atoms with Crippen molar-refractivity contribution < 1.29 is 39.5 Å². The number of benzene rings is 1. The number of fused-ring (bicyclic) bond motifs is 1. The van der Waals surface area contributed by atoms with Crippen LogP contribution >= 0.6 is 0 Å². The molecule has 0 saturated heterocycles. The molecule has 1 aromatic carbocycles. The largest absolute Gasteiger partial charge is 0.451 e. The van der Waals surface area contributed by atoms with Gasteiger partial charge in [-0.15, -0.1) is 5.73 Å². The Bertz CT molecular complexity index is 1160. The van der Waals surface area contributed by atoms with Crippen LogP contribution in [0.5, 0.6) is 0 Å². The lowest BCUT2D eigenvalue weighted by Gasteiger charge is -2.18. The smallest absolute Gasteiger partial charge is 0.233 e. The Morgan fingerprint density at radius 3 is 2.24 bits per heavy atom. The van der Waals surface area contributed by atoms with Crippen LogP contribution in [0.2, 0.25) is 0 Å². The predicted octanol–water partition coefficient (Wildman–Crippen LogP) is 7.10. The van der Waals surface area contributed by atoms with Gasteiger partial charge in [-0.25, -0.2) is 19.4 Å². The Hall–Kier alpha value is -3.14. The van der Waals surface area contributed by atoms with Crippen LogP contribution in [0, 0.1) is 5.82 Å². The number of allylic oxidation sites excluding steroid dienone is 1. The first-order valence-corrected chi connectivity index (χ1v) is 9.34. The van der Waals surface area contributed by atoms with Gasteiger partial charge in [-0.3, -0.25) is 0 Å². The molecule has 3 rings (SSSR count). The van der Waals surface area contributed by atoms with E-state index in [9.17, 15) is 39.5 Å². The van der Waals surface area contributed by atoms with Crippen LogP contribution in [0.15, 0.2) is 41.6 Å². The second-order valence-corrected chi connectivity index (χ2v) is 7.29. The molecular weight excluding hydrogens is 465 g/mol. The maximum atomic E-state index is 14.7. The number of alkyl halides is 8. The first-order valence-electron chi connectivity index (χ1n) is 9.34. The third kappa shape index (κ3) is 4.95. The third-order valence-corrected chi connectivity index (χ3v) is 4.94. The van der Waals surface area contributed by atoms with Crippen molar-refractivity contribution >= 4 is 11.5 Å². The van der Waals surface area contributed by atoms with Crippen molar-refractivity contribution in [3.8, 4) is 0 Å². The van der Waals surface area contributed by atoms with Crippen LogP contribution < -0.4 is 0 Å². The second kappa shape index (κ2) is 8.33. The fraction of sp³-hybridized carbons (Fsp3) is 0.333. The highest BCUT2D eigenvalue weighted by Gasteiger charge is 2.44. The van der Waals surface area contributed by atoms with Crippen molar-refractivity contribution in [3.63, 3.8) is 0 Å². The average molecular weight is 479 g/mol. The number of halogens is 9. The van der Waals surface area contributed by atoms with Gasteiger partial charge in [0.1, 0.15) is 5.82 Å². The summed E-state index contributed by atoms with van der Waals surface area (Å²) in [5.74, 6) is -8.68. The molecule has 33 heavy (non-hydrogen) atoms. The minimum Gasteiger partial charge on any atom is -0.233 e. The van der Waals surface area contributed by atoms with E-state index in [0.29, 0.717) is 12.1 Å². The van der Waals surface area contributed by atoms with Crippen molar-refractivity contribution in [1.82, 2.24) is 9.97 Å². The van der Waals surface area contributed by atoms with Gasteiger partial charge >= 0.3 is 12.4 Å². The molecule has 0 spiro atoms. The van der Waals surface area contributed by atoms with E-state index < -0.39 is 58.5 Å². The van der Waals surface area contributed by atoms with Crippen molar-refractivity contribution in [2.24, 2.45) is 4.99 Å². The molecule has 0 radical (unpaired) electrons. The molecule has 2 heterocycles. The highest BCUT2D eigenvalue weighted by molar-refractivity contribution is 6.02. The Morgan fingerprint density at radius 2 is 1.70 bits per heavy atom. The van der Waals surface area contributed by atoms with Gasteiger partial charge < -0.3 is 0 Å². The summed E-state index contributed by atoms with van der Waals surface area (Å²) in [6.07, 6.45) is -10.4. The summed E-state index contributed by atoms with van der Waals surface area (Å²) < 4.78 is 123. The van der Waals surface area contributed by atoms with Crippen LogP contribution in [0.4, 0.5) is 45.3 Å². The number of hydrogen-bond acceptors (Lipinski definition) is 3. The third-order valence-electron chi connectivity index (χ3n) is 4.94. The Labute approximate surface area is 181 Å². The minimum atomic E-state index is -5.29. The minimum absolute atomic E-state index is 0.0554. The molecule has 0 fully saturated rings.